The number of nitrogens with zero attached hydrogens (tertiary/aromatic N) is 5. The maximum absolute atomic E-state index is 13.1. The van der Waals surface area contributed by atoms with E-state index in [-0.39, 0.29) is 11.8 Å². The summed E-state index contributed by atoms with van der Waals surface area (Å²) in [6.45, 7) is 3.92. The predicted molar refractivity (Wildman–Crippen MR) is 138 cm³/mol. The molecule has 38 heavy (non-hydrogen) atoms. The second kappa shape index (κ2) is 11.1. The van der Waals surface area contributed by atoms with Gasteiger partial charge in [0.15, 0.2) is 0 Å². The zero-order valence-electron chi connectivity index (χ0n) is 20.4. The summed E-state index contributed by atoms with van der Waals surface area (Å²) in [5, 5.41) is 5.00. The molecule has 2 aliphatic heterocycles. The predicted octanol–water partition coefficient (Wildman–Crippen LogP) is 5.62. The first kappa shape index (κ1) is 26.8. The number of benzene rings is 2. The number of alkyl halides is 3. The molecule has 0 aliphatic carbocycles. The fourth-order valence-electron chi connectivity index (χ4n) is 4.95. The third-order valence-electron chi connectivity index (χ3n) is 7.07. The van der Waals surface area contributed by atoms with E-state index in [1.165, 1.54) is 12.1 Å². The zero-order chi connectivity index (χ0) is 26.9. The molecule has 3 aromatic rings. The molecule has 3 heterocycles. The second-order valence-corrected chi connectivity index (χ2v) is 10.4. The van der Waals surface area contributed by atoms with Crippen LogP contribution in [-0.4, -0.2) is 65.1 Å². The van der Waals surface area contributed by atoms with Crippen LogP contribution in [0.15, 0.2) is 47.0 Å². The van der Waals surface area contributed by atoms with Gasteiger partial charge in [-0.1, -0.05) is 34.4 Å². The molecule has 0 saturated carbocycles. The van der Waals surface area contributed by atoms with Crippen LogP contribution in [0.3, 0.4) is 0 Å². The van der Waals surface area contributed by atoms with Gasteiger partial charge in [-0.25, -0.2) is 0 Å². The summed E-state index contributed by atoms with van der Waals surface area (Å²) >= 11 is 12.2. The molecule has 1 aromatic heterocycles. The molecule has 202 valence electrons. The number of piperidine rings is 1. The van der Waals surface area contributed by atoms with Crippen LogP contribution in [0.2, 0.25) is 10.0 Å². The van der Waals surface area contributed by atoms with Crippen molar-refractivity contribution in [2.24, 2.45) is 5.92 Å². The molecule has 5 rings (SSSR count). The van der Waals surface area contributed by atoms with Gasteiger partial charge in [-0.3, -0.25) is 9.69 Å². The maximum atomic E-state index is 13.1. The van der Waals surface area contributed by atoms with Gasteiger partial charge in [-0.15, -0.1) is 0 Å². The molecular formula is C26H26Cl2F3N5O2. The molecule has 0 bridgehead atoms. The lowest BCUT2D eigenvalue weighted by Gasteiger charge is -2.39. The minimum Gasteiger partial charge on any atom is -0.368 e. The van der Waals surface area contributed by atoms with Crippen LogP contribution in [0.25, 0.3) is 11.4 Å². The summed E-state index contributed by atoms with van der Waals surface area (Å²) in [6, 6.07) is 10.4. The summed E-state index contributed by atoms with van der Waals surface area (Å²) in [6.07, 6.45) is -2.94. The summed E-state index contributed by atoms with van der Waals surface area (Å²) in [7, 11) is 0. The van der Waals surface area contributed by atoms with E-state index in [0.717, 1.165) is 32.0 Å². The van der Waals surface area contributed by atoms with Crippen LogP contribution in [-0.2, 0) is 17.5 Å². The molecule has 7 nitrogen and oxygen atoms in total. The van der Waals surface area contributed by atoms with Gasteiger partial charge in [-0.2, -0.15) is 18.2 Å². The minimum absolute atomic E-state index is 0.0718. The van der Waals surface area contributed by atoms with Gasteiger partial charge < -0.3 is 14.3 Å². The third-order valence-corrected chi connectivity index (χ3v) is 7.61. The molecular weight excluding hydrogens is 542 g/mol. The SMILES string of the molecule is O=C(C1CCN(Cc2nc(-c3ccc(Cl)cc3Cl)no2)CC1)N1CCN(c2cccc(C(F)(F)F)c2)CC1. The molecule has 0 unspecified atom stereocenters. The van der Waals surface area contributed by atoms with Crippen LogP contribution in [0.5, 0.6) is 0 Å². The average Bonchev–Trinajstić information content (AvgIpc) is 3.36. The Balaban J connectivity index is 1.10. The Morgan fingerprint density at radius 3 is 2.42 bits per heavy atom. The molecule has 2 aliphatic rings. The van der Waals surface area contributed by atoms with Gasteiger partial charge in [0.1, 0.15) is 0 Å². The number of anilines is 1. The highest BCUT2D eigenvalue weighted by Gasteiger charge is 2.33. The van der Waals surface area contributed by atoms with Gasteiger partial charge in [0.2, 0.25) is 17.6 Å². The number of likely N-dealkylation sites (tertiary alicyclic amines) is 1. The summed E-state index contributed by atoms with van der Waals surface area (Å²) < 4.78 is 44.6. The van der Waals surface area contributed by atoms with Gasteiger partial charge in [0, 0.05) is 48.4 Å². The fraction of sp³-hybridized carbons (Fsp3) is 0.423. The van der Waals surface area contributed by atoms with Crippen LogP contribution in [0, 0.1) is 5.92 Å². The van der Waals surface area contributed by atoms with Gasteiger partial charge in [0.25, 0.3) is 0 Å². The minimum atomic E-state index is -4.38. The van der Waals surface area contributed by atoms with Gasteiger partial charge >= 0.3 is 6.18 Å². The van der Waals surface area contributed by atoms with E-state index < -0.39 is 11.7 Å². The largest absolute Gasteiger partial charge is 0.416 e. The Hall–Kier alpha value is -2.82. The van der Waals surface area contributed by atoms with E-state index in [4.69, 9.17) is 27.7 Å². The lowest BCUT2D eigenvalue weighted by molar-refractivity contribution is -0.138. The number of piperazine rings is 1. The first-order valence-corrected chi connectivity index (χ1v) is 13.1. The fourth-order valence-corrected chi connectivity index (χ4v) is 5.44. The van der Waals surface area contributed by atoms with E-state index in [1.54, 1.807) is 24.3 Å². The van der Waals surface area contributed by atoms with Crippen LogP contribution in [0.1, 0.15) is 24.3 Å². The van der Waals surface area contributed by atoms with E-state index in [2.05, 4.69) is 15.0 Å². The van der Waals surface area contributed by atoms with Crippen LogP contribution in [0.4, 0.5) is 18.9 Å². The topological polar surface area (TPSA) is 65.7 Å². The smallest absolute Gasteiger partial charge is 0.368 e. The first-order chi connectivity index (χ1) is 18.2. The molecule has 0 radical (unpaired) electrons. The summed E-state index contributed by atoms with van der Waals surface area (Å²) in [5.41, 5.74) is 0.511. The standard InChI is InChI=1S/C26H26Cl2F3N5O2/c27-19-4-5-21(22(28)15-19)24-32-23(38-33-24)16-34-8-6-17(7-9-34)25(37)36-12-10-35(11-13-36)20-3-1-2-18(14-20)26(29,30)31/h1-5,14-15,17H,6-13,16H2. The van der Waals surface area contributed by atoms with Crippen LogP contribution >= 0.6 is 23.2 Å². The lowest BCUT2D eigenvalue weighted by atomic mass is 9.95. The molecule has 0 N–H and O–H groups in total. The molecule has 1 amide bonds. The first-order valence-electron chi connectivity index (χ1n) is 12.4. The number of amides is 1. The monoisotopic (exact) mass is 567 g/mol. The average molecular weight is 568 g/mol. The van der Waals surface area contributed by atoms with E-state index >= 15 is 0 Å². The molecule has 0 atom stereocenters. The van der Waals surface area contributed by atoms with Crippen LogP contribution < -0.4 is 4.90 Å². The molecule has 2 fully saturated rings. The number of hydrogen-bond acceptors (Lipinski definition) is 6. The highest BCUT2D eigenvalue weighted by molar-refractivity contribution is 6.36. The summed E-state index contributed by atoms with van der Waals surface area (Å²) in [4.78, 5) is 23.5. The molecule has 2 saturated heterocycles. The molecule has 2 aromatic carbocycles. The van der Waals surface area contributed by atoms with Crippen molar-refractivity contribution in [2.45, 2.75) is 25.6 Å². The number of aromatic nitrogens is 2. The molecule has 0 spiro atoms. The van der Waals surface area contributed by atoms with Crippen molar-refractivity contribution in [3.05, 3.63) is 64.0 Å². The Labute approximate surface area is 228 Å². The third kappa shape index (κ3) is 6.08. The second-order valence-electron chi connectivity index (χ2n) is 9.55. The highest BCUT2D eigenvalue weighted by atomic mass is 35.5. The summed E-state index contributed by atoms with van der Waals surface area (Å²) in [5.74, 6) is 0.917. The van der Waals surface area contributed by atoms with E-state index in [9.17, 15) is 18.0 Å². The molecule has 12 heteroatoms. The van der Waals surface area contributed by atoms with Crippen molar-refractivity contribution in [2.75, 3.05) is 44.2 Å². The van der Waals surface area contributed by atoms with Crippen molar-refractivity contribution >= 4 is 34.8 Å². The highest BCUT2D eigenvalue weighted by Crippen LogP contribution is 2.32. The Morgan fingerprint density at radius 2 is 1.74 bits per heavy atom. The Kier molecular flexibility index (Phi) is 7.83. The Morgan fingerprint density at radius 1 is 1.00 bits per heavy atom. The maximum Gasteiger partial charge on any atom is 0.416 e. The van der Waals surface area contributed by atoms with Crippen molar-refractivity contribution in [3.8, 4) is 11.4 Å². The van der Waals surface area contributed by atoms with Crippen molar-refractivity contribution < 1.29 is 22.5 Å². The van der Waals surface area contributed by atoms with Crippen molar-refractivity contribution in [1.29, 1.82) is 0 Å². The van der Waals surface area contributed by atoms with Gasteiger partial charge in [-0.05, 0) is 62.3 Å². The number of rotatable bonds is 5. The number of hydrogen-bond donors (Lipinski definition) is 0. The lowest BCUT2D eigenvalue weighted by Crippen LogP contribution is -2.51. The number of halogens is 5. The Bertz CT molecular complexity index is 1290. The van der Waals surface area contributed by atoms with E-state index in [1.807, 2.05) is 9.80 Å². The van der Waals surface area contributed by atoms with Gasteiger partial charge in [0.05, 0.1) is 17.1 Å². The van der Waals surface area contributed by atoms with Crippen molar-refractivity contribution in [1.82, 2.24) is 19.9 Å². The van der Waals surface area contributed by atoms with Crippen molar-refractivity contribution in [3.63, 3.8) is 0 Å². The zero-order valence-corrected chi connectivity index (χ0v) is 21.9. The van der Waals surface area contributed by atoms with E-state index in [0.29, 0.717) is 65.7 Å². The number of carbonyl (C=O) groups is 1. The number of carbonyl (C=O) groups excluding carboxylic acids is 1. The normalized spacial score (nSPS) is 17.7. The quantitative estimate of drug-likeness (QED) is 0.398.